The minimum atomic E-state index is -4.15. The van der Waals surface area contributed by atoms with E-state index in [2.05, 4.69) is 23.8 Å². The third-order valence-corrected chi connectivity index (χ3v) is 7.15. The predicted octanol–water partition coefficient (Wildman–Crippen LogP) is 3.03. The van der Waals surface area contributed by atoms with Crippen molar-refractivity contribution < 1.29 is 8.42 Å². The van der Waals surface area contributed by atoms with Gasteiger partial charge in [-0.15, -0.1) is 0 Å². The minimum Gasteiger partial charge on any atom is -0.279 e. The summed E-state index contributed by atoms with van der Waals surface area (Å²) in [7, 11) is -2.72. The second kappa shape index (κ2) is 7.54. The lowest BCUT2D eigenvalue weighted by Crippen LogP contribution is -2.30. The molecule has 0 aliphatic rings. The zero-order chi connectivity index (χ0) is 22.5. The Labute approximate surface area is 175 Å². The third-order valence-electron chi connectivity index (χ3n) is 5.37. The second-order valence-electron chi connectivity index (χ2n) is 8.53. The highest BCUT2D eigenvalue weighted by molar-refractivity contribution is 7.90. The van der Waals surface area contributed by atoms with Crippen molar-refractivity contribution >= 4 is 21.2 Å². The molecule has 0 aliphatic heterocycles. The van der Waals surface area contributed by atoms with Crippen molar-refractivity contribution in [1.29, 1.82) is 0 Å². The third kappa shape index (κ3) is 3.40. The van der Waals surface area contributed by atoms with Crippen LogP contribution in [0.3, 0.4) is 0 Å². The summed E-state index contributed by atoms with van der Waals surface area (Å²) in [6, 6.07) is 3.88. The summed E-state index contributed by atoms with van der Waals surface area (Å²) in [5.41, 5.74) is 0.878. The number of hydrogen-bond donors (Lipinski definition) is 1. The van der Waals surface area contributed by atoms with Crippen molar-refractivity contribution in [2.45, 2.75) is 64.2 Å². The fourth-order valence-corrected chi connectivity index (χ4v) is 5.53. The van der Waals surface area contributed by atoms with Gasteiger partial charge in [-0.3, -0.25) is 14.3 Å². The standard InChI is InChI=1S/C21H28N4O4S/c1-11(2)14-8-15(12(3)4)18(16(9-14)13(5)6)30(28,29)25-10-22-19-17(25)20(26)23-21(27)24(19)7/h8-13H,1-7H3,(H,23,26,27). The van der Waals surface area contributed by atoms with Crippen molar-refractivity contribution in [3.63, 3.8) is 0 Å². The van der Waals surface area contributed by atoms with E-state index in [1.165, 1.54) is 7.05 Å². The van der Waals surface area contributed by atoms with Gasteiger partial charge in [-0.2, -0.15) is 0 Å². The van der Waals surface area contributed by atoms with E-state index in [-0.39, 0.29) is 33.8 Å². The van der Waals surface area contributed by atoms with Crippen molar-refractivity contribution in [1.82, 2.24) is 18.5 Å². The number of aromatic amines is 1. The fourth-order valence-electron chi connectivity index (χ4n) is 3.58. The summed E-state index contributed by atoms with van der Waals surface area (Å²) in [6.45, 7) is 11.9. The van der Waals surface area contributed by atoms with Gasteiger partial charge in [0.25, 0.3) is 15.6 Å². The van der Waals surface area contributed by atoms with Crippen LogP contribution in [-0.4, -0.2) is 26.9 Å². The number of fused-ring (bicyclic) bond motifs is 1. The Morgan fingerprint density at radius 3 is 1.93 bits per heavy atom. The maximum atomic E-state index is 13.9. The number of aromatic nitrogens is 4. The molecular weight excluding hydrogens is 404 g/mol. The van der Waals surface area contributed by atoms with E-state index >= 15 is 0 Å². The number of rotatable bonds is 5. The molecule has 0 aliphatic carbocycles. The van der Waals surface area contributed by atoms with E-state index in [9.17, 15) is 18.0 Å². The van der Waals surface area contributed by atoms with Gasteiger partial charge in [0.05, 0.1) is 4.90 Å². The molecule has 0 unspecified atom stereocenters. The maximum Gasteiger partial charge on any atom is 0.329 e. The van der Waals surface area contributed by atoms with Crippen molar-refractivity contribution in [2.24, 2.45) is 7.05 Å². The first-order valence-electron chi connectivity index (χ1n) is 9.97. The van der Waals surface area contributed by atoms with Crippen LogP contribution in [-0.2, 0) is 17.1 Å². The Hall–Kier alpha value is -2.68. The molecule has 2 aromatic heterocycles. The van der Waals surface area contributed by atoms with Gasteiger partial charge in [-0.1, -0.05) is 53.7 Å². The van der Waals surface area contributed by atoms with Gasteiger partial charge in [0.1, 0.15) is 6.33 Å². The average Bonchev–Trinajstić information content (AvgIpc) is 3.11. The molecule has 0 atom stereocenters. The Morgan fingerprint density at radius 2 is 1.47 bits per heavy atom. The molecule has 3 aromatic rings. The van der Waals surface area contributed by atoms with Gasteiger partial charge in [0.15, 0.2) is 11.2 Å². The molecule has 0 saturated carbocycles. The van der Waals surface area contributed by atoms with Gasteiger partial charge >= 0.3 is 5.69 Å². The number of hydrogen-bond acceptors (Lipinski definition) is 5. The lowest BCUT2D eigenvalue weighted by molar-refractivity contribution is 0.583. The van der Waals surface area contributed by atoms with Gasteiger partial charge in [0.2, 0.25) is 0 Å². The summed E-state index contributed by atoms with van der Waals surface area (Å²) in [5.74, 6) is 0.134. The summed E-state index contributed by atoms with van der Waals surface area (Å²) in [4.78, 5) is 30.8. The highest BCUT2D eigenvalue weighted by Gasteiger charge is 2.30. The van der Waals surface area contributed by atoms with Crippen LogP contribution >= 0.6 is 0 Å². The maximum absolute atomic E-state index is 13.9. The second-order valence-corrected chi connectivity index (χ2v) is 10.3. The molecule has 0 bridgehead atoms. The molecule has 0 amide bonds. The van der Waals surface area contributed by atoms with Gasteiger partial charge < -0.3 is 0 Å². The first-order chi connectivity index (χ1) is 13.9. The minimum absolute atomic E-state index is 0.0170. The SMILES string of the molecule is CC(C)c1cc(C(C)C)c(S(=O)(=O)n2cnc3c2c(=O)[nH]c(=O)n3C)c(C(C)C)c1. The van der Waals surface area contributed by atoms with Crippen LogP contribution in [0.1, 0.15) is 76.0 Å². The zero-order valence-corrected chi connectivity index (χ0v) is 19.2. The lowest BCUT2D eigenvalue weighted by Gasteiger charge is -2.23. The molecule has 1 aromatic carbocycles. The Balaban J connectivity index is 2.46. The molecule has 162 valence electrons. The molecule has 3 rings (SSSR count). The Kier molecular flexibility index (Phi) is 5.53. The lowest BCUT2D eigenvalue weighted by atomic mass is 9.89. The molecule has 1 N–H and O–H groups in total. The molecule has 0 radical (unpaired) electrons. The fraction of sp³-hybridized carbons (Fsp3) is 0.476. The van der Waals surface area contributed by atoms with Crippen LogP contribution in [0.25, 0.3) is 11.2 Å². The van der Waals surface area contributed by atoms with E-state index < -0.39 is 21.3 Å². The normalized spacial score (nSPS) is 12.6. The highest BCUT2D eigenvalue weighted by atomic mass is 32.2. The molecule has 2 heterocycles. The molecule has 30 heavy (non-hydrogen) atoms. The summed E-state index contributed by atoms with van der Waals surface area (Å²) in [6.07, 6.45) is 1.10. The van der Waals surface area contributed by atoms with Crippen LogP contribution in [0.2, 0.25) is 0 Å². The molecule has 8 nitrogen and oxygen atoms in total. The number of imidazole rings is 1. The molecule has 0 saturated heterocycles. The Morgan fingerprint density at radius 1 is 0.933 bits per heavy atom. The smallest absolute Gasteiger partial charge is 0.279 e. The zero-order valence-electron chi connectivity index (χ0n) is 18.3. The molecule has 0 spiro atoms. The largest absolute Gasteiger partial charge is 0.329 e. The van der Waals surface area contributed by atoms with Crippen LogP contribution < -0.4 is 11.2 Å². The van der Waals surface area contributed by atoms with Crippen molar-refractivity contribution in [3.05, 3.63) is 56.0 Å². The monoisotopic (exact) mass is 432 g/mol. The summed E-state index contributed by atoms with van der Waals surface area (Å²) >= 11 is 0. The van der Waals surface area contributed by atoms with Gasteiger partial charge in [0, 0.05) is 7.05 Å². The number of H-pyrrole nitrogens is 1. The van der Waals surface area contributed by atoms with Gasteiger partial charge in [-0.25, -0.2) is 22.2 Å². The molecular formula is C21H28N4O4S. The number of nitrogens with one attached hydrogen (secondary N) is 1. The predicted molar refractivity (Wildman–Crippen MR) is 117 cm³/mol. The van der Waals surface area contributed by atoms with Gasteiger partial charge in [-0.05, 0) is 34.4 Å². The van der Waals surface area contributed by atoms with Crippen LogP contribution in [0.15, 0.2) is 32.9 Å². The highest BCUT2D eigenvalue weighted by Crippen LogP contribution is 2.36. The van der Waals surface area contributed by atoms with Crippen LogP contribution in [0.4, 0.5) is 0 Å². The summed E-state index contributed by atoms with van der Waals surface area (Å²) in [5, 5.41) is 0. The first-order valence-corrected chi connectivity index (χ1v) is 11.4. The van der Waals surface area contributed by atoms with E-state index in [1.54, 1.807) is 0 Å². The van der Waals surface area contributed by atoms with Crippen LogP contribution in [0.5, 0.6) is 0 Å². The summed E-state index contributed by atoms with van der Waals surface area (Å²) < 4.78 is 29.8. The first kappa shape index (κ1) is 22.0. The van der Waals surface area contributed by atoms with Crippen molar-refractivity contribution in [2.75, 3.05) is 0 Å². The van der Waals surface area contributed by atoms with Crippen molar-refractivity contribution in [3.8, 4) is 0 Å². The van der Waals surface area contributed by atoms with E-state index in [0.29, 0.717) is 11.1 Å². The van der Waals surface area contributed by atoms with Crippen LogP contribution in [0, 0.1) is 0 Å². The number of nitrogens with zero attached hydrogens (tertiary/aromatic N) is 3. The number of aryl methyl sites for hydroxylation is 1. The topological polar surface area (TPSA) is 107 Å². The molecule has 9 heteroatoms. The average molecular weight is 433 g/mol. The van der Waals surface area contributed by atoms with E-state index in [0.717, 1.165) is 20.4 Å². The van der Waals surface area contributed by atoms with E-state index in [1.807, 2.05) is 39.8 Å². The quantitative estimate of drug-likeness (QED) is 0.667. The Bertz CT molecular complexity index is 1310. The molecule has 0 fully saturated rings. The van der Waals surface area contributed by atoms with E-state index in [4.69, 9.17) is 0 Å². The number of benzene rings is 1.